The average molecular weight is 496 g/mol. The van der Waals surface area contributed by atoms with E-state index in [1.165, 1.54) is 53.3 Å². The minimum atomic E-state index is -0.694. The van der Waals surface area contributed by atoms with Crippen molar-refractivity contribution >= 4 is 37.4 Å². The molecule has 4 aromatic rings. The molecule has 0 unspecified atom stereocenters. The number of hydrogen-bond acceptors (Lipinski definition) is 1. The normalized spacial score (nSPS) is 18.3. The minimum absolute atomic E-state index is 0.576. The van der Waals surface area contributed by atoms with Crippen molar-refractivity contribution in [2.24, 2.45) is 5.92 Å². The summed E-state index contributed by atoms with van der Waals surface area (Å²) in [4.78, 5) is 0. The Morgan fingerprint density at radius 3 is 1.23 bits per heavy atom. The first-order valence-electron chi connectivity index (χ1n) is 13.0. The molecule has 5 rings (SSSR count). The Labute approximate surface area is 213 Å². The van der Waals surface area contributed by atoms with Crippen LogP contribution in [0.1, 0.15) is 39.0 Å². The first-order chi connectivity index (χ1) is 17.4. The Balaban J connectivity index is 1.75. The van der Waals surface area contributed by atoms with Gasteiger partial charge in [-0.15, -0.1) is 0 Å². The van der Waals surface area contributed by atoms with Gasteiger partial charge in [0, 0.05) is 22.2 Å². The lowest BCUT2D eigenvalue weighted by molar-refractivity contribution is 0.238. The van der Waals surface area contributed by atoms with E-state index in [9.17, 15) is 0 Å². The van der Waals surface area contributed by atoms with E-state index in [4.69, 9.17) is 0 Å². The van der Waals surface area contributed by atoms with Crippen LogP contribution in [0.5, 0.6) is 0 Å². The number of benzene rings is 4. The van der Waals surface area contributed by atoms with E-state index in [0.29, 0.717) is 6.04 Å². The summed E-state index contributed by atoms with van der Waals surface area (Å²) in [6.45, 7) is 2.40. The molecular formula is C32H35NP2. The largest absolute Gasteiger partial charge is 0.241 e. The SMILES string of the molecule is CC[C@H]1CCCC[C@@H]1N(P(c1ccccc1)c1ccccc1)P(c1ccccc1)c1ccccc1. The van der Waals surface area contributed by atoms with Gasteiger partial charge in [0.2, 0.25) is 0 Å². The molecule has 35 heavy (non-hydrogen) atoms. The molecule has 178 valence electrons. The summed E-state index contributed by atoms with van der Waals surface area (Å²) in [7, 11) is -1.39. The summed E-state index contributed by atoms with van der Waals surface area (Å²) >= 11 is 0. The Morgan fingerprint density at radius 1 is 0.543 bits per heavy atom. The van der Waals surface area contributed by atoms with Gasteiger partial charge in [0.25, 0.3) is 0 Å². The van der Waals surface area contributed by atoms with Gasteiger partial charge in [-0.1, -0.05) is 148 Å². The predicted molar refractivity (Wildman–Crippen MR) is 156 cm³/mol. The summed E-state index contributed by atoms with van der Waals surface area (Å²) in [5.74, 6) is 0.735. The highest BCUT2D eigenvalue weighted by Crippen LogP contribution is 2.58. The maximum atomic E-state index is 3.02. The molecule has 0 heterocycles. The van der Waals surface area contributed by atoms with Crippen molar-refractivity contribution in [1.29, 1.82) is 0 Å². The summed E-state index contributed by atoms with van der Waals surface area (Å²) in [6.07, 6.45) is 6.58. The van der Waals surface area contributed by atoms with Crippen LogP contribution in [0.3, 0.4) is 0 Å². The zero-order valence-corrected chi connectivity index (χ0v) is 22.4. The third kappa shape index (κ3) is 5.59. The number of hydrogen-bond donors (Lipinski definition) is 0. The van der Waals surface area contributed by atoms with Crippen molar-refractivity contribution in [3.63, 3.8) is 0 Å². The quantitative estimate of drug-likeness (QED) is 0.231. The van der Waals surface area contributed by atoms with Gasteiger partial charge in [-0.3, -0.25) is 0 Å². The Morgan fingerprint density at radius 2 is 0.886 bits per heavy atom. The third-order valence-electron chi connectivity index (χ3n) is 7.10. The van der Waals surface area contributed by atoms with E-state index >= 15 is 0 Å². The fourth-order valence-corrected chi connectivity index (χ4v) is 11.9. The molecule has 2 atom stereocenters. The monoisotopic (exact) mass is 495 g/mol. The van der Waals surface area contributed by atoms with Gasteiger partial charge in [0.15, 0.2) is 0 Å². The first kappa shape index (κ1) is 24.4. The first-order valence-corrected chi connectivity index (χ1v) is 15.5. The minimum Gasteiger partial charge on any atom is -0.241 e. The molecule has 1 aliphatic carbocycles. The lowest BCUT2D eigenvalue weighted by Gasteiger charge is -2.48. The number of rotatable bonds is 8. The van der Waals surface area contributed by atoms with Crippen molar-refractivity contribution in [3.05, 3.63) is 121 Å². The van der Waals surface area contributed by atoms with Crippen molar-refractivity contribution in [2.45, 2.75) is 45.1 Å². The molecule has 0 bridgehead atoms. The van der Waals surface area contributed by atoms with E-state index in [1.807, 2.05) is 0 Å². The molecule has 3 heteroatoms. The van der Waals surface area contributed by atoms with Crippen molar-refractivity contribution in [1.82, 2.24) is 4.44 Å². The van der Waals surface area contributed by atoms with Crippen LogP contribution in [-0.2, 0) is 0 Å². The molecule has 1 saturated carbocycles. The van der Waals surface area contributed by atoms with Crippen LogP contribution < -0.4 is 21.2 Å². The maximum Gasteiger partial charge on any atom is 0.0325 e. The molecule has 0 N–H and O–H groups in total. The molecule has 1 aliphatic rings. The molecule has 0 aliphatic heterocycles. The van der Waals surface area contributed by atoms with E-state index in [-0.39, 0.29) is 0 Å². The van der Waals surface area contributed by atoms with Crippen LogP contribution >= 0.6 is 16.1 Å². The van der Waals surface area contributed by atoms with Crippen molar-refractivity contribution in [3.8, 4) is 0 Å². The average Bonchev–Trinajstić information content (AvgIpc) is 2.95. The van der Waals surface area contributed by atoms with E-state index in [2.05, 4.69) is 133 Å². The molecule has 4 aromatic carbocycles. The highest BCUT2D eigenvalue weighted by Gasteiger charge is 2.40. The highest BCUT2D eigenvalue weighted by atomic mass is 31.2. The van der Waals surface area contributed by atoms with Crippen molar-refractivity contribution in [2.75, 3.05) is 0 Å². The lowest BCUT2D eigenvalue weighted by atomic mass is 9.83. The summed E-state index contributed by atoms with van der Waals surface area (Å²) in [5, 5.41) is 5.81. The summed E-state index contributed by atoms with van der Waals surface area (Å²) in [6, 6.07) is 45.8. The van der Waals surface area contributed by atoms with Gasteiger partial charge >= 0.3 is 0 Å². The predicted octanol–water partition coefficient (Wildman–Crippen LogP) is 7.35. The second-order valence-corrected chi connectivity index (χ2v) is 13.8. The second-order valence-electron chi connectivity index (χ2n) is 9.31. The van der Waals surface area contributed by atoms with Crippen LogP contribution in [0.4, 0.5) is 0 Å². The van der Waals surface area contributed by atoms with Gasteiger partial charge < -0.3 is 0 Å². The maximum absolute atomic E-state index is 3.02. The van der Waals surface area contributed by atoms with Gasteiger partial charge in [-0.05, 0) is 40.0 Å². The number of nitrogens with zero attached hydrogens (tertiary/aromatic N) is 1. The van der Waals surface area contributed by atoms with Gasteiger partial charge in [-0.25, -0.2) is 4.44 Å². The molecular weight excluding hydrogens is 460 g/mol. The molecule has 1 nitrogen and oxygen atoms in total. The van der Waals surface area contributed by atoms with E-state index < -0.39 is 16.1 Å². The third-order valence-corrected chi connectivity index (χ3v) is 12.7. The summed E-state index contributed by atoms with van der Waals surface area (Å²) in [5.41, 5.74) is 0. The standard InChI is InChI=1S/C32H35NP2/c1-2-27-17-15-16-26-32(27)33(34(28-18-7-3-8-19-28)29-20-9-4-10-21-29)35(30-22-11-5-12-23-30)31-24-13-6-14-25-31/h3-14,18-25,27,32H,2,15-17,26H2,1H3/t27-,32-/m0/s1. The van der Waals surface area contributed by atoms with Crippen LogP contribution in [0.25, 0.3) is 0 Å². The fraction of sp³-hybridized carbons (Fsp3) is 0.250. The van der Waals surface area contributed by atoms with E-state index in [1.54, 1.807) is 0 Å². The Bertz CT molecular complexity index is 989. The zero-order valence-electron chi connectivity index (χ0n) is 20.6. The Kier molecular flexibility index (Phi) is 8.43. The molecule has 0 amide bonds. The highest BCUT2D eigenvalue weighted by molar-refractivity contribution is 7.84. The fourth-order valence-electron chi connectivity index (χ4n) is 5.40. The van der Waals surface area contributed by atoms with Crippen LogP contribution in [0.15, 0.2) is 121 Å². The molecule has 0 radical (unpaired) electrons. The zero-order chi connectivity index (χ0) is 23.9. The smallest absolute Gasteiger partial charge is 0.0325 e. The molecule has 0 aromatic heterocycles. The van der Waals surface area contributed by atoms with Crippen molar-refractivity contribution < 1.29 is 0 Å². The molecule has 0 saturated heterocycles. The van der Waals surface area contributed by atoms with Crippen LogP contribution in [0, 0.1) is 5.92 Å². The van der Waals surface area contributed by atoms with Gasteiger partial charge in [0.1, 0.15) is 0 Å². The summed E-state index contributed by atoms with van der Waals surface area (Å²) < 4.78 is 3.02. The Hall–Kier alpha value is -2.30. The van der Waals surface area contributed by atoms with Crippen LogP contribution in [-0.4, -0.2) is 10.5 Å². The second kappa shape index (κ2) is 12.1. The molecule has 0 spiro atoms. The van der Waals surface area contributed by atoms with Crippen LogP contribution in [0.2, 0.25) is 0 Å². The molecule has 1 fully saturated rings. The van der Waals surface area contributed by atoms with E-state index in [0.717, 1.165) is 5.92 Å². The van der Waals surface area contributed by atoms with Gasteiger partial charge in [0.05, 0.1) is 0 Å². The lowest BCUT2D eigenvalue weighted by Crippen LogP contribution is -2.43. The van der Waals surface area contributed by atoms with Gasteiger partial charge in [-0.2, -0.15) is 0 Å². The topological polar surface area (TPSA) is 3.24 Å².